The Labute approximate surface area is 88.6 Å². The Bertz CT molecular complexity index is 402. The quantitative estimate of drug-likeness (QED) is 0.746. The maximum atomic E-state index is 11.6. The van der Waals surface area contributed by atoms with Crippen molar-refractivity contribution in [2.45, 2.75) is 31.4 Å². The van der Waals surface area contributed by atoms with E-state index >= 15 is 0 Å². The van der Waals surface area contributed by atoms with Crippen LogP contribution < -0.4 is 0 Å². The number of carbonyl (C=O) groups is 1. The normalized spacial score (nSPS) is 20.3. The Balaban J connectivity index is 2.74. The predicted molar refractivity (Wildman–Crippen MR) is 52.8 cm³/mol. The van der Waals surface area contributed by atoms with Crippen molar-refractivity contribution < 1.29 is 18.3 Å². The molecule has 1 atom stereocenters. The molecule has 1 saturated carbocycles. The zero-order chi connectivity index (χ0) is 11.7. The molecule has 1 rings (SSSR count). The van der Waals surface area contributed by atoms with Gasteiger partial charge in [0.1, 0.15) is 0 Å². The van der Waals surface area contributed by atoms with Crippen LogP contribution in [0.1, 0.15) is 26.2 Å². The van der Waals surface area contributed by atoms with Crippen molar-refractivity contribution in [1.82, 2.24) is 0 Å². The molecule has 0 heterocycles. The lowest BCUT2D eigenvalue weighted by atomic mass is 10.1. The van der Waals surface area contributed by atoms with Crippen molar-refractivity contribution in [3.63, 3.8) is 0 Å². The lowest BCUT2D eigenvalue weighted by molar-refractivity contribution is -0.136. The Morgan fingerprint density at radius 3 is 2.47 bits per heavy atom. The number of carboxylic acid groups (broad SMARTS) is 1. The summed E-state index contributed by atoms with van der Waals surface area (Å²) in [6.07, 6.45) is 1.59. The first-order valence-electron chi connectivity index (χ1n) is 4.64. The number of sulfone groups is 1. The molecule has 1 N–H and O–H groups in total. The van der Waals surface area contributed by atoms with Gasteiger partial charge in [-0.2, -0.15) is 5.26 Å². The molecule has 0 amide bonds. The monoisotopic (exact) mass is 231 g/mol. The van der Waals surface area contributed by atoms with E-state index in [1.54, 1.807) is 0 Å². The summed E-state index contributed by atoms with van der Waals surface area (Å²) >= 11 is 0. The van der Waals surface area contributed by atoms with Gasteiger partial charge in [0.05, 0.1) is 11.8 Å². The van der Waals surface area contributed by atoms with Crippen molar-refractivity contribution in [2.75, 3.05) is 5.75 Å². The van der Waals surface area contributed by atoms with Gasteiger partial charge in [0, 0.05) is 6.42 Å². The van der Waals surface area contributed by atoms with E-state index in [1.165, 1.54) is 6.92 Å². The van der Waals surface area contributed by atoms with Crippen LogP contribution in [0.15, 0.2) is 0 Å². The topological polar surface area (TPSA) is 95.2 Å². The molecule has 1 fully saturated rings. The lowest BCUT2D eigenvalue weighted by Gasteiger charge is -2.13. The number of nitrogens with zero attached hydrogens (tertiary/aromatic N) is 1. The minimum absolute atomic E-state index is 0.180. The molecule has 0 spiro atoms. The first-order chi connectivity index (χ1) is 6.83. The average molecular weight is 231 g/mol. The van der Waals surface area contributed by atoms with Gasteiger partial charge in [-0.1, -0.05) is 0 Å². The fourth-order valence-electron chi connectivity index (χ4n) is 1.42. The van der Waals surface area contributed by atoms with Crippen LogP contribution in [0.5, 0.6) is 0 Å². The van der Waals surface area contributed by atoms with Gasteiger partial charge in [-0.05, 0) is 25.2 Å². The van der Waals surface area contributed by atoms with Gasteiger partial charge in [-0.3, -0.25) is 4.79 Å². The molecule has 1 aliphatic rings. The first-order valence-corrected chi connectivity index (χ1v) is 6.36. The second-order valence-electron chi connectivity index (χ2n) is 4.12. The molecular formula is C9H13NO4S. The van der Waals surface area contributed by atoms with E-state index in [0.717, 1.165) is 0 Å². The number of hydrogen-bond donors (Lipinski definition) is 1. The highest BCUT2D eigenvalue weighted by Crippen LogP contribution is 2.49. The van der Waals surface area contributed by atoms with E-state index < -0.39 is 26.5 Å². The largest absolute Gasteiger partial charge is 0.480 e. The third-order valence-electron chi connectivity index (χ3n) is 2.80. The van der Waals surface area contributed by atoms with Crippen molar-refractivity contribution in [3.05, 3.63) is 0 Å². The predicted octanol–water partition coefficient (Wildman–Crippen LogP) is 0.568. The molecule has 0 bridgehead atoms. The van der Waals surface area contributed by atoms with E-state index in [-0.39, 0.29) is 12.2 Å². The third kappa shape index (κ3) is 2.69. The first kappa shape index (κ1) is 12.0. The molecule has 0 aromatic carbocycles. The van der Waals surface area contributed by atoms with Crippen LogP contribution in [0, 0.1) is 16.7 Å². The van der Waals surface area contributed by atoms with Crippen molar-refractivity contribution in [3.8, 4) is 6.07 Å². The van der Waals surface area contributed by atoms with Gasteiger partial charge in [0.15, 0.2) is 15.1 Å². The van der Waals surface area contributed by atoms with Crippen molar-refractivity contribution in [2.24, 2.45) is 5.41 Å². The highest BCUT2D eigenvalue weighted by molar-refractivity contribution is 7.92. The maximum absolute atomic E-state index is 11.6. The molecule has 0 saturated heterocycles. The molecule has 0 aromatic heterocycles. The van der Waals surface area contributed by atoms with Crippen LogP contribution in [0.4, 0.5) is 0 Å². The Morgan fingerprint density at radius 2 is 2.13 bits per heavy atom. The van der Waals surface area contributed by atoms with Crippen LogP contribution in [0.25, 0.3) is 0 Å². The summed E-state index contributed by atoms with van der Waals surface area (Å²) in [5.74, 6) is -1.51. The van der Waals surface area contributed by atoms with E-state index in [0.29, 0.717) is 12.8 Å². The molecule has 1 unspecified atom stereocenters. The van der Waals surface area contributed by atoms with Crippen LogP contribution in [0.2, 0.25) is 0 Å². The highest BCUT2D eigenvalue weighted by Gasteiger charge is 2.47. The van der Waals surface area contributed by atoms with Crippen molar-refractivity contribution >= 4 is 15.8 Å². The highest BCUT2D eigenvalue weighted by atomic mass is 32.2. The van der Waals surface area contributed by atoms with Crippen LogP contribution in [-0.4, -0.2) is 30.5 Å². The van der Waals surface area contributed by atoms with E-state index in [1.807, 2.05) is 6.07 Å². The van der Waals surface area contributed by atoms with Gasteiger partial charge in [0.2, 0.25) is 0 Å². The van der Waals surface area contributed by atoms with Gasteiger partial charge >= 0.3 is 5.97 Å². The van der Waals surface area contributed by atoms with Crippen molar-refractivity contribution in [1.29, 1.82) is 5.26 Å². The third-order valence-corrected chi connectivity index (χ3v) is 5.10. The summed E-state index contributed by atoms with van der Waals surface area (Å²) in [5.41, 5.74) is -0.461. The van der Waals surface area contributed by atoms with E-state index in [4.69, 9.17) is 10.4 Å². The van der Waals surface area contributed by atoms with Crippen LogP contribution in [-0.2, 0) is 14.6 Å². The molecule has 15 heavy (non-hydrogen) atoms. The summed E-state index contributed by atoms with van der Waals surface area (Å²) in [7, 11) is -3.63. The number of carboxylic acids is 1. The molecule has 0 radical (unpaired) electrons. The minimum Gasteiger partial charge on any atom is -0.480 e. The molecule has 6 heteroatoms. The number of nitriles is 1. The molecule has 84 valence electrons. The maximum Gasteiger partial charge on any atom is 0.321 e. The van der Waals surface area contributed by atoms with Gasteiger partial charge < -0.3 is 5.11 Å². The van der Waals surface area contributed by atoms with Gasteiger partial charge in [-0.25, -0.2) is 8.42 Å². The average Bonchev–Trinajstić information content (AvgIpc) is 2.83. The summed E-state index contributed by atoms with van der Waals surface area (Å²) in [4.78, 5) is 10.6. The SMILES string of the molecule is CC(C(=O)O)S(=O)(=O)CC1(CC#N)CC1. The van der Waals surface area contributed by atoms with E-state index in [9.17, 15) is 13.2 Å². The number of rotatable bonds is 5. The lowest BCUT2D eigenvalue weighted by Crippen LogP contribution is -2.32. The minimum atomic E-state index is -3.63. The summed E-state index contributed by atoms with van der Waals surface area (Å²) < 4.78 is 23.2. The summed E-state index contributed by atoms with van der Waals surface area (Å²) in [6.45, 7) is 1.17. The number of hydrogen-bond acceptors (Lipinski definition) is 4. The van der Waals surface area contributed by atoms with Crippen LogP contribution in [0.3, 0.4) is 0 Å². The molecule has 5 nitrogen and oxygen atoms in total. The summed E-state index contributed by atoms with van der Waals surface area (Å²) in [6, 6.07) is 1.95. The van der Waals surface area contributed by atoms with Gasteiger partial charge in [-0.15, -0.1) is 0 Å². The molecule has 0 aliphatic heterocycles. The zero-order valence-electron chi connectivity index (χ0n) is 8.43. The molecule has 0 aromatic rings. The van der Waals surface area contributed by atoms with Crippen LogP contribution >= 0.6 is 0 Å². The fourth-order valence-corrected chi connectivity index (χ4v) is 3.22. The second-order valence-corrected chi connectivity index (χ2v) is 6.44. The molecule has 1 aliphatic carbocycles. The van der Waals surface area contributed by atoms with E-state index in [2.05, 4.69) is 0 Å². The summed E-state index contributed by atoms with van der Waals surface area (Å²) in [5, 5.41) is 15.8. The number of aliphatic carboxylic acids is 1. The smallest absolute Gasteiger partial charge is 0.321 e. The Kier molecular flexibility index (Phi) is 3.05. The molecular weight excluding hydrogens is 218 g/mol. The second kappa shape index (κ2) is 3.81. The Morgan fingerprint density at radius 1 is 1.60 bits per heavy atom. The standard InChI is InChI=1S/C9H13NO4S/c1-7(8(11)12)15(13,14)6-9(2-3-9)4-5-10/h7H,2-4,6H2,1H3,(H,11,12). The van der Waals surface area contributed by atoms with Gasteiger partial charge in [0.25, 0.3) is 0 Å². The Hall–Kier alpha value is -1.09. The zero-order valence-corrected chi connectivity index (χ0v) is 9.25. The fraction of sp³-hybridized carbons (Fsp3) is 0.778.